The summed E-state index contributed by atoms with van der Waals surface area (Å²) in [6, 6.07) is 5.94. The van der Waals surface area contributed by atoms with Gasteiger partial charge in [-0.25, -0.2) is 4.99 Å². The van der Waals surface area contributed by atoms with Gasteiger partial charge >= 0.3 is 12.1 Å². The number of rotatable bonds is 11. The number of piperidine rings is 1. The van der Waals surface area contributed by atoms with Gasteiger partial charge in [0.2, 0.25) is 0 Å². The highest BCUT2D eigenvalue weighted by molar-refractivity contribution is 5.95. The van der Waals surface area contributed by atoms with Crippen LogP contribution < -0.4 is 5.90 Å². The maximum absolute atomic E-state index is 14.1. The van der Waals surface area contributed by atoms with Gasteiger partial charge in [0.15, 0.2) is 0 Å². The van der Waals surface area contributed by atoms with Crippen molar-refractivity contribution in [1.29, 1.82) is 0 Å². The van der Waals surface area contributed by atoms with Crippen molar-refractivity contribution in [1.82, 2.24) is 14.7 Å². The Hall–Kier alpha value is -3.18. The van der Waals surface area contributed by atoms with Gasteiger partial charge in [-0.15, -0.1) is 0 Å². The van der Waals surface area contributed by atoms with E-state index in [1.54, 1.807) is 13.0 Å². The number of alkyl halides is 3. The quantitative estimate of drug-likeness (QED) is 0.174. The number of nitrogens with two attached hydrogens (primary N) is 1. The van der Waals surface area contributed by atoms with Gasteiger partial charge < -0.3 is 14.5 Å². The normalized spacial score (nSPS) is 15.5. The molecular formula is C29H40F3N5O3. The van der Waals surface area contributed by atoms with Crippen LogP contribution in [0.5, 0.6) is 0 Å². The second-order valence-electron chi connectivity index (χ2n) is 10.4. The lowest BCUT2D eigenvalue weighted by Crippen LogP contribution is -2.38. The number of nitrogens with zero attached hydrogens (tertiary/aromatic N) is 4. The van der Waals surface area contributed by atoms with E-state index in [2.05, 4.69) is 35.4 Å². The highest BCUT2D eigenvalue weighted by Crippen LogP contribution is 2.34. The molecule has 220 valence electrons. The molecule has 0 saturated carbocycles. The zero-order valence-electron chi connectivity index (χ0n) is 23.8. The third-order valence-electron chi connectivity index (χ3n) is 7.00. The van der Waals surface area contributed by atoms with E-state index in [4.69, 9.17) is 15.5 Å². The molecule has 1 aromatic heterocycles. The minimum Gasteiger partial charge on any atom is -0.466 e. The Labute approximate surface area is 234 Å². The van der Waals surface area contributed by atoms with Crippen LogP contribution in [0.15, 0.2) is 35.8 Å². The minimum absolute atomic E-state index is 0.0222. The molecule has 0 radical (unpaired) electrons. The van der Waals surface area contributed by atoms with E-state index in [0.29, 0.717) is 57.2 Å². The number of carbonyl (C=O) groups excluding carboxylic acids is 1. The molecule has 1 aliphatic heterocycles. The van der Waals surface area contributed by atoms with Crippen LogP contribution in [0.3, 0.4) is 0 Å². The maximum Gasteiger partial charge on any atom is 0.416 e. The first-order valence-corrected chi connectivity index (χ1v) is 13.8. The zero-order chi connectivity index (χ0) is 29.4. The van der Waals surface area contributed by atoms with Crippen LogP contribution in [0, 0.1) is 11.8 Å². The van der Waals surface area contributed by atoms with Crippen molar-refractivity contribution in [2.45, 2.75) is 66.1 Å². The van der Waals surface area contributed by atoms with Crippen LogP contribution in [-0.4, -0.2) is 52.8 Å². The smallest absolute Gasteiger partial charge is 0.416 e. The molecule has 2 N–H and O–H groups in total. The van der Waals surface area contributed by atoms with E-state index >= 15 is 0 Å². The van der Waals surface area contributed by atoms with E-state index in [-0.39, 0.29) is 41.0 Å². The highest BCUT2D eigenvalue weighted by Gasteiger charge is 2.34. The van der Waals surface area contributed by atoms with Crippen molar-refractivity contribution in [3.63, 3.8) is 0 Å². The molecule has 0 amide bonds. The number of likely N-dealkylation sites (tertiary alicyclic amines) is 1. The summed E-state index contributed by atoms with van der Waals surface area (Å²) in [7, 11) is 0. The number of carbonyl (C=O) groups is 1. The van der Waals surface area contributed by atoms with Gasteiger partial charge in [0.25, 0.3) is 5.90 Å². The second kappa shape index (κ2) is 13.9. The predicted octanol–water partition coefficient (Wildman–Crippen LogP) is 5.25. The topological polar surface area (TPSA) is 95.0 Å². The van der Waals surface area contributed by atoms with Crippen LogP contribution >= 0.6 is 0 Å². The standard InChI is InChI=1S/C29H40F3N5O3/c1-6-37-24(16-19(3)4)18-26(35-37)27(40-33)34-20(5)23-9-8-21(25(17-23)29(30,31)32)10-13-36-14-11-22(12-15-36)28(38)39-7-2/h8-9,17-19,22H,5-7,10-16,33H2,1-4H3/b34-27-. The van der Waals surface area contributed by atoms with Crippen molar-refractivity contribution in [2.24, 2.45) is 22.7 Å². The van der Waals surface area contributed by atoms with E-state index < -0.39 is 11.7 Å². The Morgan fingerprint density at radius 3 is 2.50 bits per heavy atom. The molecule has 2 heterocycles. The van der Waals surface area contributed by atoms with Gasteiger partial charge in [0, 0.05) is 24.3 Å². The lowest BCUT2D eigenvalue weighted by atomic mass is 9.96. The van der Waals surface area contributed by atoms with Gasteiger partial charge in [-0.05, 0) is 76.2 Å². The molecule has 11 heteroatoms. The van der Waals surface area contributed by atoms with Crippen LogP contribution in [0.25, 0.3) is 5.70 Å². The van der Waals surface area contributed by atoms with E-state index in [1.165, 1.54) is 6.07 Å². The van der Waals surface area contributed by atoms with Crippen LogP contribution in [0.4, 0.5) is 13.2 Å². The summed E-state index contributed by atoms with van der Waals surface area (Å²) in [5, 5.41) is 4.49. The molecule has 3 rings (SSSR count). The Morgan fingerprint density at radius 2 is 1.93 bits per heavy atom. The number of aromatic nitrogens is 2. The molecule has 1 saturated heterocycles. The first-order chi connectivity index (χ1) is 19.0. The van der Waals surface area contributed by atoms with Crippen LogP contribution in [0.2, 0.25) is 0 Å². The third-order valence-corrected chi connectivity index (χ3v) is 7.00. The number of benzene rings is 1. The summed E-state index contributed by atoms with van der Waals surface area (Å²) in [6.07, 6.45) is -2.25. The lowest BCUT2D eigenvalue weighted by Gasteiger charge is -2.31. The monoisotopic (exact) mass is 563 g/mol. The lowest BCUT2D eigenvalue weighted by molar-refractivity contribution is -0.149. The molecule has 0 spiro atoms. The Bertz CT molecular complexity index is 1200. The van der Waals surface area contributed by atoms with Gasteiger partial charge in [0.1, 0.15) is 5.69 Å². The van der Waals surface area contributed by atoms with Crippen molar-refractivity contribution in [3.05, 3.63) is 58.9 Å². The van der Waals surface area contributed by atoms with Crippen LogP contribution in [-0.2, 0) is 39.9 Å². The van der Waals surface area contributed by atoms with Gasteiger partial charge in [-0.3, -0.25) is 9.48 Å². The van der Waals surface area contributed by atoms with Crippen LogP contribution in [0.1, 0.15) is 68.6 Å². The molecule has 8 nitrogen and oxygen atoms in total. The summed E-state index contributed by atoms with van der Waals surface area (Å²) in [6.45, 7) is 14.5. The number of hydrogen-bond donors (Lipinski definition) is 1. The molecule has 0 aliphatic carbocycles. The average molecular weight is 564 g/mol. The predicted molar refractivity (Wildman–Crippen MR) is 148 cm³/mol. The largest absolute Gasteiger partial charge is 0.466 e. The van der Waals surface area contributed by atoms with Crippen molar-refractivity contribution in [3.8, 4) is 0 Å². The fraction of sp³-hybridized carbons (Fsp3) is 0.552. The van der Waals surface area contributed by atoms with E-state index in [1.807, 2.05) is 17.7 Å². The van der Waals surface area contributed by atoms with Gasteiger partial charge in [-0.1, -0.05) is 32.6 Å². The molecule has 0 atom stereocenters. The Morgan fingerprint density at radius 1 is 1.23 bits per heavy atom. The Balaban J connectivity index is 1.75. The van der Waals surface area contributed by atoms with Crippen molar-refractivity contribution >= 4 is 17.6 Å². The Kier molecular flexibility index (Phi) is 10.9. The van der Waals surface area contributed by atoms with Crippen molar-refractivity contribution < 1.29 is 27.5 Å². The molecule has 0 bridgehead atoms. The number of esters is 1. The molecule has 1 aromatic carbocycles. The van der Waals surface area contributed by atoms with Gasteiger partial charge in [0.05, 0.1) is 23.8 Å². The zero-order valence-corrected chi connectivity index (χ0v) is 23.8. The maximum atomic E-state index is 14.1. The minimum atomic E-state index is -4.55. The summed E-state index contributed by atoms with van der Waals surface area (Å²) >= 11 is 0. The molecule has 1 fully saturated rings. The number of aliphatic imine (C=N–C) groups is 1. The average Bonchev–Trinajstić information content (AvgIpc) is 3.32. The fourth-order valence-electron chi connectivity index (χ4n) is 4.92. The second-order valence-corrected chi connectivity index (χ2v) is 10.4. The summed E-state index contributed by atoms with van der Waals surface area (Å²) < 4.78 is 49.1. The number of hydrogen-bond acceptors (Lipinski definition) is 7. The molecule has 1 aliphatic rings. The molecule has 40 heavy (non-hydrogen) atoms. The molecule has 0 unspecified atom stereocenters. The summed E-state index contributed by atoms with van der Waals surface area (Å²) in [4.78, 5) is 23.3. The summed E-state index contributed by atoms with van der Waals surface area (Å²) in [5.74, 6) is 5.51. The highest BCUT2D eigenvalue weighted by atomic mass is 19.4. The van der Waals surface area contributed by atoms with E-state index in [9.17, 15) is 18.0 Å². The summed E-state index contributed by atoms with van der Waals surface area (Å²) in [5.41, 5.74) is 1.12. The fourth-order valence-corrected chi connectivity index (χ4v) is 4.92. The van der Waals surface area contributed by atoms with Gasteiger partial charge in [-0.2, -0.15) is 24.2 Å². The first-order valence-electron chi connectivity index (χ1n) is 13.8. The SMILES string of the molecule is C=C(/N=C(\ON)c1cc(CC(C)C)n(CC)n1)c1ccc(CCN2CCC(C(=O)OCC)CC2)c(C(F)(F)F)c1. The molecular weight excluding hydrogens is 523 g/mol. The number of halogens is 3. The van der Waals surface area contributed by atoms with Crippen molar-refractivity contribution in [2.75, 3.05) is 26.2 Å². The first kappa shape index (κ1) is 31.3. The third kappa shape index (κ3) is 8.17. The molecule has 2 aromatic rings. The van der Waals surface area contributed by atoms with E-state index in [0.717, 1.165) is 18.2 Å². The number of ether oxygens (including phenoxy) is 1. The number of aryl methyl sites for hydroxylation is 1.